The molecule has 0 saturated carbocycles. The van der Waals surface area contributed by atoms with Crippen molar-refractivity contribution in [2.75, 3.05) is 16.8 Å². The normalized spacial score (nSPS) is 15.5. The molecule has 174 valence electrons. The molecule has 3 aromatic carbocycles. The fourth-order valence-electron chi connectivity index (χ4n) is 4.57. The zero-order chi connectivity index (χ0) is 23.6. The molecule has 0 aliphatic carbocycles. The Morgan fingerprint density at radius 2 is 1.71 bits per heavy atom. The Kier molecular flexibility index (Phi) is 5.76. The van der Waals surface area contributed by atoms with Gasteiger partial charge in [-0.1, -0.05) is 72.8 Å². The fourth-order valence-corrected chi connectivity index (χ4v) is 5.59. The van der Waals surface area contributed by atoms with Crippen molar-refractivity contribution in [2.24, 2.45) is 0 Å². The van der Waals surface area contributed by atoms with E-state index < -0.39 is 0 Å². The van der Waals surface area contributed by atoms with Crippen LogP contribution in [-0.4, -0.2) is 28.5 Å². The number of carbonyl (C=O) groups excluding carboxylic acids is 1. The van der Waals surface area contributed by atoms with Crippen LogP contribution in [0, 0.1) is 0 Å². The molecule has 35 heavy (non-hydrogen) atoms. The molecule has 1 aliphatic heterocycles. The minimum Gasteiger partial charge on any atom is -0.423 e. The van der Waals surface area contributed by atoms with Gasteiger partial charge < -0.3 is 14.6 Å². The summed E-state index contributed by atoms with van der Waals surface area (Å²) in [6, 6.07) is 28.3. The van der Waals surface area contributed by atoms with Crippen molar-refractivity contribution in [1.29, 1.82) is 0 Å². The smallest absolute Gasteiger partial charge is 0.299 e. The summed E-state index contributed by atoms with van der Waals surface area (Å²) < 4.78 is 5.95. The molecule has 3 heterocycles. The largest absolute Gasteiger partial charge is 0.423 e. The minimum absolute atomic E-state index is 0.0793. The number of anilines is 2. The Morgan fingerprint density at radius 3 is 2.51 bits per heavy atom. The van der Waals surface area contributed by atoms with Crippen LogP contribution in [0.25, 0.3) is 22.4 Å². The number of amides is 1. The highest BCUT2D eigenvalue weighted by atomic mass is 32.1. The minimum atomic E-state index is -0.343. The molecule has 0 spiro atoms. The number of fused-ring (bicyclic) bond motifs is 1. The Balaban J connectivity index is 1.26. The lowest BCUT2D eigenvalue weighted by atomic mass is 10.1. The molecule has 2 aromatic heterocycles. The number of carbonyl (C=O) groups is 1. The number of oxazole rings is 1. The number of thiazole rings is 1. The maximum Gasteiger partial charge on any atom is 0.299 e. The second-order valence-corrected chi connectivity index (χ2v) is 9.71. The van der Waals surface area contributed by atoms with E-state index in [0.717, 1.165) is 53.0 Å². The molecule has 1 saturated heterocycles. The molecule has 1 amide bonds. The SMILES string of the molecule is O=C(Nc1nc(-c2ccccc2)c(Cc2ccccc2)s1)[C@@H]1CCCN1c1nc2ccccc2o1. The Hall–Kier alpha value is -3.97. The first-order chi connectivity index (χ1) is 17.2. The lowest BCUT2D eigenvalue weighted by Crippen LogP contribution is -2.39. The van der Waals surface area contributed by atoms with Crippen LogP contribution in [0.3, 0.4) is 0 Å². The molecule has 0 radical (unpaired) electrons. The van der Waals surface area contributed by atoms with Crippen LogP contribution in [0.4, 0.5) is 11.1 Å². The number of benzene rings is 3. The van der Waals surface area contributed by atoms with E-state index in [9.17, 15) is 4.79 Å². The number of hydrogen-bond acceptors (Lipinski definition) is 6. The van der Waals surface area contributed by atoms with Crippen molar-refractivity contribution in [2.45, 2.75) is 25.3 Å². The zero-order valence-electron chi connectivity index (χ0n) is 19.1. The standard InChI is InChI=1S/C28H24N4O2S/c33-26(22-15-9-17-32(22)28-29-21-14-7-8-16-23(21)34-28)31-27-30-25(20-12-5-2-6-13-20)24(35-27)18-19-10-3-1-4-11-19/h1-8,10-14,16,22H,9,15,17-18H2,(H,30,31,33)/t22-/m0/s1. The number of nitrogens with one attached hydrogen (secondary N) is 1. The summed E-state index contributed by atoms with van der Waals surface area (Å²) in [4.78, 5) is 25.9. The first-order valence-electron chi connectivity index (χ1n) is 11.8. The summed E-state index contributed by atoms with van der Waals surface area (Å²) in [7, 11) is 0. The van der Waals surface area contributed by atoms with Crippen LogP contribution in [0.5, 0.6) is 0 Å². The number of aromatic nitrogens is 2. The van der Waals surface area contributed by atoms with Gasteiger partial charge in [0, 0.05) is 23.4 Å². The average molecular weight is 481 g/mol. The van der Waals surface area contributed by atoms with Gasteiger partial charge in [-0.2, -0.15) is 4.98 Å². The van der Waals surface area contributed by atoms with Crippen molar-refractivity contribution in [3.05, 3.63) is 95.4 Å². The van der Waals surface area contributed by atoms with Crippen molar-refractivity contribution in [1.82, 2.24) is 9.97 Å². The number of hydrogen-bond donors (Lipinski definition) is 1. The van der Waals surface area contributed by atoms with Crippen LogP contribution in [0.15, 0.2) is 89.3 Å². The Bertz CT molecular complexity index is 1430. The fraction of sp³-hybridized carbons (Fsp3) is 0.179. The maximum absolute atomic E-state index is 13.4. The molecule has 1 aliphatic rings. The van der Waals surface area contributed by atoms with Crippen LogP contribution in [0.1, 0.15) is 23.3 Å². The van der Waals surface area contributed by atoms with Crippen LogP contribution in [0.2, 0.25) is 0 Å². The molecule has 1 fully saturated rings. The molecule has 5 aromatic rings. The van der Waals surface area contributed by atoms with E-state index in [4.69, 9.17) is 9.40 Å². The van der Waals surface area contributed by atoms with E-state index in [1.807, 2.05) is 65.6 Å². The molecule has 6 rings (SSSR count). The highest BCUT2D eigenvalue weighted by molar-refractivity contribution is 7.16. The predicted molar refractivity (Wildman–Crippen MR) is 140 cm³/mol. The lowest BCUT2D eigenvalue weighted by Gasteiger charge is -2.21. The summed E-state index contributed by atoms with van der Waals surface area (Å²) in [5, 5.41) is 3.71. The van der Waals surface area contributed by atoms with Crippen molar-refractivity contribution in [3.63, 3.8) is 0 Å². The molecule has 0 unspecified atom stereocenters. The van der Waals surface area contributed by atoms with E-state index in [2.05, 4.69) is 34.6 Å². The molecule has 6 nitrogen and oxygen atoms in total. The molecular weight excluding hydrogens is 456 g/mol. The van der Waals surface area contributed by atoms with Gasteiger partial charge in [-0.3, -0.25) is 4.79 Å². The quantitative estimate of drug-likeness (QED) is 0.316. The van der Waals surface area contributed by atoms with Crippen molar-refractivity contribution < 1.29 is 9.21 Å². The summed E-state index contributed by atoms with van der Waals surface area (Å²) in [5.74, 6) is -0.0793. The predicted octanol–water partition coefficient (Wildman–Crippen LogP) is 6.15. The molecular formula is C28H24N4O2S. The summed E-state index contributed by atoms with van der Waals surface area (Å²) in [5.41, 5.74) is 4.70. The summed E-state index contributed by atoms with van der Waals surface area (Å²) >= 11 is 1.54. The third kappa shape index (κ3) is 4.42. The molecule has 0 bridgehead atoms. The van der Waals surface area contributed by atoms with Gasteiger partial charge in [0.15, 0.2) is 10.7 Å². The van der Waals surface area contributed by atoms with Gasteiger partial charge in [0.2, 0.25) is 5.91 Å². The maximum atomic E-state index is 13.4. The van der Waals surface area contributed by atoms with E-state index in [0.29, 0.717) is 11.1 Å². The number of nitrogens with zero attached hydrogens (tertiary/aromatic N) is 3. The van der Waals surface area contributed by atoms with Crippen molar-refractivity contribution >= 4 is 39.5 Å². The van der Waals surface area contributed by atoms with E-state index in [-0.39, 0.29) is 11.9 Å². The van der Waals surface area contributed by atoms with E-state index in [1.54, 1.807) is 0 Å². The first-order valence-corrected chi connectivity index (χ1v) is 12.6. The van der Waals surface area contributed by atoms with Crippen LogP contribution in [-0.2, 0) is 11.2 Å². The monoisotopic (exact) mass is 480 g/mol. The lowest BCUT2D eigenvalue weighted by molar-refractivity contribution is -0.117. The van der Waals surface area contributed by atoms with Gasteiger partial charge >= 0.3 is 0 Å². The molecule has 1 N–H and O–H groups in total. The highest BCUT2D eigenvalue weighted by Crippen LogP contribution is 2.34. The first kappa shape index (κ1) is 21.6. The van der Waals surface area contributed by atoms with Crippen LogP contribution < -0.4 is 10.2 Å². The highest BCUT2D eigenvalue weighted by Gasteiger charge is 2.34. The van der Waals surface area contributed by atoms with Crippen LogP contribution >= 0.6 is 11.3 Å². The van der Waals surface area contributed by atoms with Gasteiger partial charge in [-0.15, -0.1) is 11.3 Å². The Morgan fingerprint density at radius 1 is 0.971 bits per heavy atom. The zero-order valence-corrected chi connectivity index (χ0v) is 19.9. The summed E-state index contributed by atoms with van der Waals surface area (Å²) in [6.45, 7) is 0.733. The second-order valence-electron chi connectivity index (χ2n) is 8.62. The van der Waals surface area contributed by atoms with Gasteiger partial charge in [0.25, 0.3) is 6.01 Å². The van der Waals surface area contributed by atoms with Crippen molar-refractivity contribution in [3.8, 4) is 11.3 Å². The third-order valence-corrected chi connectivity index (χ3v) is 7.24. The topological polar surface area (TPSA) is 71.3 Å². The summed E-state index contributed by atoms with van der Waals surface area (Å²) in [6.07, 6.45) is 2.42. The average Bonchev–Trinajstić information content (AvgIpc) is 3.63. The second kappa shape index (κ2) is 9.35. The number of para-hydroxylation sites is 2. The van der Waals surface area contributed by atoms with E-state index >= 15 is 0 Å². The number of rotatable bonds is 6. The molecule has 7 heteroatoms. The third-order valence-electron chi connectivity index (χ3n) is 6.27. The molecule has 1 atom stereocenters. The van der Waals surface area contributed by atoms with Gasteiger partial charge in [-0.05, 0) is 30.5 Å². The van der Waals surface area contributed by atoms with Gasteiger partial charge in [0.05, 0.1) is 5.69 Å². The van der Waals surface area contributed by atoms with Gasteiger partial charge in [-0.25, -0.2) is 4.98 Å². The van der Waals surface area contributed by atoms with E-state index in [1.165, 1.54) is 16.9 Å². The van der Waals surface area contributed by atoms with Gasteiger partial charge in [0.1, 0.15) is 11.6 Å². The Labute approximate surface area is 207 Å².